The van der Waals surface area contributed by atoms with Crippen LogP contribution in [0.5, 0.6) is 5.75 Å². The zero-order valence-corrected chi connectivity index (χ0v) is 9.21. The second kappa shape index (κ2) is 3.60. The van der Waals surface area contributed by atoms with Gasteiger partial charge < -0.3 is 15.9 Å². The second-order valence-corrected chi connectivity index (χ2v) is 4.23. The van der Waals surface area contributed by atoms with E-state index in [1.54, 1.807) is 0 Å². The lowest BCUT2D eigenvalue weighted by Gasteiger charge is -1.98. The van der Waals surface area contributed by atoms with E-state index < -0.39 is 5.97 Å². The lowest BCUT2D eigenvalue weighted by molar-refractivity contribution is 0.0692. The molecule has 84 valence electrons. The zero-order valence-electron chi connectivity index (χ0n) is 8.39. The fourth-order valence-electron chi connectivity index (χ4n) is 1.35. The molecule has 7 heteroatoms. The fourth-order valence-corrected chi connectivity index (χ4v) is 2.31. The second-order valence-electron chi connectivity index (χ2n) is 3.14. The van der Waals surface area contributed by atoms with Crippen LogP contribution in [0.2, 0.25) is 0 Å². The summed E-state index contributed by atoms with van der Waals surface area (Å²) in [4.78, 5) is 19.7. The van der Waals surface area contributed by atoms with E-state index in [0.717, 1.165) is 4.88 Å². The highest BCUT2D eigenvalue weighted by atomic mass is 32.1. The maximum Gasteiger partial charge on any atom is 0.358 e. The molecule has 0 bridgehead atoms. The molecule has 0 fully saturated rings. The number of thiophene rings is 1. The van der Waals surface area contributed by atoms with Gasteiger partial charge in [0.15, 0.2) is 17.3 Å². The Hall–Kier alpha value is -1.89. The molecule has 0 aliphatic carbocycles. The Bertz CT molecular complexity index is 579. The number of aromatic hydroxyl groups is 1. The van der Waals surface area contributed by atoms with Crippen LogP contribution in [0.25, 0.3) is 10.3 Å². The molecular formula is C9H9N3O3S. The number of nitrogen functional groups attached to an aromatic ring is 1. The van der Waals surface area contributed by atoms with E-state index in [0.29, 0.717) is 11.3 Å². The van der Waals surface area contributed by atoms with Crippen molar-refractivity contribution in [3.8, 4) is 5.75 Å². The number of nitrogens with zero attached hydrogens (tertiary/aromatic N) is 2. The van der Waals surface area contributed by atoms with Gasteiger partial charge in [0, 0.05) is 0 Å². The average Bonchev–Trinajstić information content (AvgIpc) is 2.53. The summed E-state index contributed by atoms with van der Waals surface area (Å²) in [5.74, 6) is -1.39. The van der Waals surface area contributed by atoms with Gasteiger partial charge in [-0.1, -0.05) is 6.92 Å². The molecule has 0 aliphatic rings. The maximum absolute atomic E-state index is 10.8. The topological polar surface area (TPSA) is 109 Å². The summed E-state index contributed by atoms with van der Waals surface area (Å²) in [6.45, 7) is 1.88. The maximum atomic E-state index is 10.8. The number of carboxylic acid groups (broad SMARTS) is 1. The van der Waals surface area contributed by atoms with Gasteiger partial charge in [0.2, 0.25) is 0 Å². The van der Waals surface area contributed by atoms with Crippen molar-refractivity contribution in [3.05, 3.63) is 10.6 Å². The first-order valence-electron chi connectivity index (χ1n) is 4.55. The fraction of sp³-hybridized carbons (Fsp3) is 0.222. The van der Waals surface area contributed by atoms with Gasteiger partial charge in [-0.15, -0.1) is 11.3 Å². The Morgan fingerprint density at radius 3 is 2.75 bits per heavy atom. The minimum Gasteiger partial charge on any atom is -0.505 e. The number of rotatable bonds is 2. The normalized spacial score (nSPS) is 10.8. The van der Waals surface area contributed by atoms with Gasteiger partial charge in [0.25, 0.3) is 0 Å². The first-order chi connectivity index (χ1) is 7.54. The van der Waals surface area contributed by atoms with Crippen LogP contribution in [0.3, 0.4) is 0 Å². The van der Waals surface area contributed by atoms with Gasteiger partial charge in [-0.3, -0.25) is 0 Å². The highest BCUT2D eigenvalue weighted by Crippen LogP contribution is 2.35. The minimum absolute atomic E-state index is 0.00231. The van der Waals surface area contributed by atoms with E-state index in [-0.39, 0.29) is 22.8 Å². The van der Waals surface area contributed by atoms with Gasteiger partial charge in [-0.05, 0) is 6.42 Å². The number of carbonyl (C=O) groups is 1. The van der Waals surface area contributed by atoms with E-state index in [9.17, 15) is 9.90 Å². The highest BCUT2D eigenvalue weighted by molar-refractivity contribution is 7.19. The molecule has 2 rings (SSSR count). The summed E-state index contributed by atoms with van der Waals surface area (Å²) in [6.07, 6.45) is 0.636. The molecule has 2 aromatic rings. The predicted molar refractivity (Wildman–Crippen MR) is 59.8 cm³/mol. The van der Waals surface area contributed by atoms with Gasteiger partial charge in [0.05, 0.1) is 4.88 Å². The number of nitrogens with two attached hydrogens (primary N) is 1. The molecule has 2 aromatic heterocycles. The summed E-state index contributed by atoms with van der Waals surface area (Å²) in [5, 5.41) is 18.6. The van der Waals surface area contributed by atoms with Crippen molar-refractivity contribution >= 4 is 33.5 Å². The number of hydrogen-bond donors (Lipinski definition) is 3. The molecule has 0 aliphatic heterocycles. The molecule has 0 saturated heterocycles. The minimum atomic E-state index is -1.25. The third-order valence-corrected chi connectivity index (χ3v) is 3.33. The van der Waals surface area contributed by atoms with Crippen molar-refractivity contribution < 1.29 is 15.0 Å². The van der Waals surface area contributed by atoms with E-state index in [1.807, 2.05) is 6.92 Å². The number of anilines is 1. The Labute approximate surface area is 94.4 Å². The first-order valence-corrected chi connectivity index (χ1v) is 5.37. The van der Waals surface area contributed by atoms with E-state index >= 15 is 0 Å². The average molecular weight is 239 g/mol. The number of hydrogen-bond acceptors (Lipinski definition) is 6. The summed E-state index contributed by atoms with van der Waals surface area (Å²) < 4.78 is 0. The van der Waals surface area contributed by atoms with Crippen molar-refractivity contribution in [1.29, 1.82) is 0 Å². The van der Waals surface area contributed by atoms with Crippen LogP contribution < -0.4 is 5.73 Å². The quantitative estimate of drug-likeness (QED) is 0.727. The lowest BCUT2D eigenvalue weighted by Crippen LogP contribution is -2.07. The van der Waals surface area contributed by atoms with Crippen LogP contribution in [0.15, 0.2) is 0 Å². The van der Waals surface area contributed by atoms with E-state index in [4.69, 9.17) is 10.8 Å². The highest BCUT2D eigenvalue weighted by Gasteiger charge is 2.18. The number of fused-ring (bicyclic) bond motifs is 1. The number of aromatic carboxylic acids is 1. The van der Waals surface area contributed by atoms with Crippen LogP contribution in [0, 0.1) is 0 Å². The monoisotopic (exact) mass is 239 g/mol. The lowest BCUT2D eigenvalue weighted by atomic mass is 10.3. The molecule has 0 atom stereocenters. The van der Waals surface area contributed by atoms with Crippen molar-refractivity contribution in [2.24, 2.45) is 0 Å². The smallest absolute Gasteiger partial charge is 0.358 e. The Kier molecular flexibility index (Phi) is 2.39. The molecule has 0 radical (unpaired) electrons. The SMILES string of the molecule is CCc1sc2nc(N)c(C(=O)O)nc2c1O. The summed E-state index contributed by atoms with van der Waals surface area (Å²) in [6, 6.07) is 0. The Balaban J connectivity index is 2.77. The molecule has 4 N–H and O–H groups in total. The zero-order chi connectivity index (χ0) is 11.9. The van der Waals surface area contributed by atoms with Gasteiger partial charge >= 0.3 is 5.97 Å². The van der Waals surface area contributed by atoms with Gasteiger partial charge in [0.1, 0.15) is 10.3 Å². The Morgan fingerprint density at radius 1 is 1.50 bits per heavy atom. The number of aromatic nitrogens is 2. The molecule has 0 amide bonds. The van der Waals surface area contributed by atoms with Crippen LogP contribution in [-0.4, -0.2) is 26.2 Å². The molecule has 0 aromatic carbocycles. The van der Waals surface area contributed by atoms with Crippen LogP contribution in [0.1, 0.15) is 22.3 Å². The molecule has 0 saturated carbocycles. The summed E-state index contributed by atoms with van der Waals surface area (Å²) >= 11 is 1.26. The molecule has 0 unspecified atom stereocenters. The van der Waals surface area contributed by atoms with Crippen LogP contribution >= 0.6 is 11.3 Å². The van der Waals surface area contributed by atoms with Crippen molar-refractivity contribution in [2.45, 2.75) is 13.3 Å². The Morgan fingerprint density at radius 2 is 2.19 bits per heavy atom. The molecule has 0 spiro atoms. The predicted octanol–water partition coefficient (Wildman–Crippen LogP) is 1.24. The van der Waals surface area contributed by atoms with Crippen molar-refractivity contribution in [1.82, 2.24) is 9.97 Å². The van der Waals surface area contributed by atoms with Crippen LogP contribution in [-0.2, 0) is 6.42 Å². The standard InChI is InChI=1S/C9H9N3O3S/c1-2-3-6(13)4-8(16-3)12-7(10)5(11-4)9(14)15/h13H,2H2,1H3,(H2,10,12)(H,14,15). The van der Waals surface area contributed by atoms with Crippen LogP contribution in [0.4, 0.5) is 5.82 Å². The largest absolute Gasteiger partial charge is 0.505 e. The molecule has 6 nitrogen and oxygen atoms in total. The van der Waals surface area contributed by atoms with Gasteiger partial charge in [-0.2, -0.15) is 0 Å². The van der Waals surface area contributed by atoms with Crippen molar-refractivity contribution in [2.75, 3.05) is 5.73 Å². The summed E-state index contributed by atoms with van der Waals surface area (Å²) in [5.41, 5.74) is 5.33. The third kappa shape index (κ3) is 1.45. The molecule has 16 heavy (non-hydrogen) atoms. The molecule has 2 heterocycles. The van der Waals surface area contributed by atoms with E-state index in [2.05, 4.69) is 9.97 Å². The number of aryl methyl sites for hydroxylation is 1. The number of carboxylic acids is 1. The first kappa shape index (κ1) is 10.6. The van der Waals surface area contributed by atoms with Crippen molar-refractivity contribution in [3.63, 3.8) is 0 Å². The molecular weight excluding hydrogens is 230 g/mol. The van der Waals surface area contributed by atoms with E-state index in [1.165, 1.54) is 11.3 Å². The third-order valence-electron chi connectivity index (χ3n) is 2.12. The summed E-state index contributed by atoms with van der Waals surface area (Å²) in [7, 11) is 0. The van der Waals surface area contributed by atoms with Gasteiger partial charge in [-0.25, -0.2) is 14.8 Å².